The first-order chi connectivity index (χ1) is 16.1. The summed E-state index contributed by atoms with van der Waals surface area (Å²) in [7, 11) is 0. The lowest BCUT2D eigenvalue weighted by Crippen LogP contribution is -2.33. The number of benzene rings is 3. The predicted molar refractivity (Wildman–Crippen MR) is 123 cm³/mol. The van der Waals surface area contributed by atoms with Gasteiger partial charge in [-0.1, -0.05) is 66.7 Å². The molecular formula is C28H25NO4. The molecule has 33 heavy (non-hydrogen) atoms. The summed E-state index contributed by atoms with van der Waals surface area (Å²) >= 11 is 0. The molecule has 0 saturated carbocycles. The zero-order valence-corrected chi connectivity index (χ0v) is 18.4. The Morgan fingerprint density at radius 2 is 1.64 bits per heavy atom. The number of likely N-dealkylation sites (tertiary alicyclic amines) is 1. The molecule has 2 aliphatic rings. The standard InChI is InChI=1S/C28H25NO4/c1-2-33-28(32)21-14-13-20-15-23-25(24(22(20)16-21)19-11-7-4-8-12-19)27(31)29(26(23)30)17-18-9-5-3-6-10-18/h3-14,16,23-25H,2,15,17H2,1H3. The van der Waals surface area contributed by atoms with Gasteiger partial charge in [-0.05, 0) is 47.7 Å². The van der Waals surface area contributed by atoms with Gasteiger partial charge in [0.05, 0.1) is 30.6 Å². The van der Waals surface area contributed by atoms with Gasteiger partial charge >= 0.3 is 5.97 Å². The van der Waals surface area contributed by atoms with E-state index in [0.29, 0.717) is 18.6 Å². The van der Waals surface area contributed by atoms with Crippen LogP contribution in [0.5, 0.6) is 0 Å². The molecule has 1 fully saturated rings. The second-order valence-corrected chi connectivity index (χ2v) is 8.61. The highest BCUT2D eigenvalue weighted by molar-refractivity contribution is 6.06. The lowest BCUT2D eigenvalue weighted by Gasteiger charge is -2.33. The van der Waals surface area contributed by atoms with Crippen LogP contribution in [0.3, 0.4) is 0 Å². The average Bonchev–Trinajstić information content (AvgIpc) is 3.08. The van der Waals surface area contributed by atoms with Crippen molar-refractivity contribution in [3.05, 3.63) is 107 Å². The molecule has 1 heterocycles. The van der Waals surface area contributed by atoms with E-state index in [4.69, 9.17) is 4.74 Å². The van der Waals surface area contributed by atoms with Crippen LogP contribution < -0.4 is 0 Å². The maximum Gasteiger partial charge on any atom is 0.338 e. The van der Waals surface area contributed by atoms with E-state index in [9.17, 15) is 14.4 Å². The van der Waals surface area contributed by atoms with Crippen LogP contribution in [0, 0.1) is 11.8 Å². The van der Waals surface area contributed by atoms with Crippen molar-refractivity contribution in [2.75, 3.05) is 6.61 Å². The fraction of sp³-hybridized carbons (Fsp3) is 0.250. The number of amides is 2. The van der Waals surface area contributed by atoms with E-state index in [1.807, 2.05) is 72.8 Å². The summed E-state index contributed by atoms with van der Waals surface area (Å²) in [4.78, 5) is 41.0. The molecule has 1 aliphatic carbocycles. The summed E-state index contributed by atoms with van der Waals surface area (Å²) in [5.41, 5.74) is 4.29. The molecule has 1 aliphatic heterocycles. The van der Waals surface area contributed by atoms with Gasteiger partial charge < -0.3 is 4.74 Å². The molecule has 3 atom stereocenters. The molecule has 5 nitrogen and oxygen atoms in total. The molecule has 3 aromatic carbocycles. The molecule has 0 spiro atoms. The summed E-state index contributed by atoms with van der Waals surface area (Å²) in [6, 6.07) is 24.9. The Hall–Kier alpha value is -3.73. The molecule has 0 aromatic heterocycles. The molecule has 5 heteroatoms. The van der Waals surface area contributed by atoms with E-state index >= 15 is 0 Å². The van der Waals surface area contributed by atoms with Crippen molar-refractivity contribution in [2.45, 2.75) is 25.8 Å². The Labute approximate surface area is 193 Å². The summed E-state index contributed by atoms with van der Waals surface area (Å²) < 4.78 is 5.20. The number of esters is 1. The topological polar surface area (TPSA) is 63.7 Å². The van der Waals surface area contributed by atoms with Crippen LogP contribution in [0.25, 0.3) is 0 Å². The van der Waals surface area contributed by atoms with Crippen LogP contribution >= 0.6 is 0 Å². The highest BCUT2D eigenvalue weighted by Crippen LogP contribution is 2.48. The van der Waals surface area contributed by atoms with Crippen LogP contribution in [-0.4, -0.2) is 29.3 Å². The number of carbonyl (C=O) groups is 3. The Bertz CT molecular complexity index is 1210. The minimum atomic E-state index is -0.492. The van der Waals surface area contributed by atoms with Crippen LogP contribution in [-0.2, 0) is 27.3 Å². The minimum absolute atomic E-state index is 0.116. The Morgan fingerprint density at radius 3 is 2.33 bits per heavy atom. The van der Waals surface area contributed by atoms with Gasteiger partial charge in [0.2, 0.25) is 11.8 Å². The second kappa shape index (κ2) is 8.66. The van der Waals surface area contributed by atoms with Gasteiger partial charge in [-0.2, -0.15) is 0 Å². The lowest BCUT2D eigenvalue weighted by atomic mass is 9.67. The van der Waals surface area contributed by atoms with E-state index in [-0.39, 0.29) is 30.2 Å². The Kier molecular flexibility index (Phi) is 5.55. The van der Waals surface area contributed by atoms with E-state index in [1.54, 1.807) is 13.0 Å². The van der Waals surface area contributed by atoms with Crippen molar-refractivity contribution in [3.8, 4) is 0 Å². The first kappa shape index (κ1) is 21.1. The number of nitrogens with zero attached hydrogens (tertiary/aromatic N) is 1. The molecule has 1 saturated heterocycles. The highest BCUT2D eigenvalue weighted by atomic mass is 16.5. The quantitative estimate of drug-likeness (QED) is 0.438. The molecule has 2 amide bonds. The van der Waals surface area contributed by atoms with E-state index in [2.05, 4.69) is 0 Å². The molecule has 0 N–H and O–H groups in total. The average molecular weight is 440 g/mol. The van der Waals surface area contributed by atoms with Gasteiger partial charge in [-0.25, -0.2) is 4.79 Å². The number of carbonyl (C=O) groups excluding carboxylic acids is 3. The molecular weight excluding hydrogens is 414 g/mol. The maximum atomic E-state index is 13.7. The summed E-state index contributed by atoms with van der Waals surface area (Å²) in [6.45, 7) is 2.35. The fourth-order valence-corrected chi connectivity index (χ4v) is 5.21. The summed E-state index contributed by atoms with van der Waals surface area (Å²) in [5, 5.41) is 0. The van der Waals surface area contributed by atoms with Crippen LogP contribution in [0.1, 0.15) is 45.5 Å². The maximum absolute atomic E-state index is 13.7. The van der Waals surface area contributed by atoms with Crippen molar-refractivity contribution in [3.63, 3.8) is 0 Å². The van der Waals surface area contributed by atoms with E-state index in [0.717, 1.165) is 22.3 Å². The minimum Gasteiger partial charge on any atom is -0.462 e. The molecule has 5 rings (SSSR count). The monoisotopic (exact) mass is 439 g/mol. The first-order valence-corrected chi connectivity index (χ1v) is 11.3. The Morgan fingerprint density at radius 1 is 0.939 bits per heavy atom. The normalized spacial score (nSPS) is 21.5. The van der Waals surface area contributed by atoms with Gasteiger partial charge in [0.25, 0.3) is 0 Å². The van der Waals surface area contributed by atoms with Crippen molar-refractivity contribution < 1.29 is 19.1 Å². The van der Waals surface area contributed by atoms with E-state index in [1.165, 1.54) is 4.90 Å². The number of hydrogen-bond acceptors (Lipinski definition) is 4. The van der Waals surface area contributed by atoms with Gasteiger partial charge in [0.1, 0.15) is 0 Å². The SMILES string of the molecule is CCOC(=O)c1ccc2c(c1)C(c1ccccc1)C1C(=O)N(Cc3ccccc3)C(=O)C1C2. The summed E-state index contributed by atoms with van der Waals surface area (Å²) in [6.07, 6.45) is 0.488. The third kappa shape index (κ3) is 3.74. The number of ether oxygens (including phenoxy) is 1. The largest absolute Gasteiger partial charge is 0.462 e. The molecule has 3 aromatic rings. The summed E-state index contributed by atoms with van der Waals surface area (Å²) in [5.74, 6) is -1.84. The van der Waals surface area contributed by atoms with Crippen LogP contribution in [0.15, 0.2) is 78.9 Å². The molecule has 166 valence electrons. The third-order valence-corrected chi connectivity index (χ3v) is 6.70. The van der Waals surface area contributed by atoms with Crippen molar-refractivity contribution in [1.29, 1.82) is 0 Å². The second-order valence-electron chi connectivity index (χ2n) is 8.61. The lowest BCUT2D eigenvalue weighted by molar-refractivity contribution is -0.140. The van der Waals surface area contributed by atoms with Crippen LogP contribution in [0.4, 0.5) is 0 Å². The molecule has 3 unspecified atom stereocenters. The van der Waals surface area contributed by atoms with Gasteiger partial charge in [-0.15, -0.1) is 0 Å². The zero-order chi connectivity index (χ0) is 22.9. The Balaban J connectivity index is 1.58. The van der Waals surface area contributed by atoms with Crippen molar-refractivity contribution in [1.82, 2.24) is 4.90 Å². The van der Waals surface area contributed by atoms with Gasteiger partial charge in [0, 0.05) is 5.92 Å². The highest BCUT2D eigenvalue weighted by Gasteiger charge is 2.54. The number of rotatable bonds is 5. The fourth-order valence-electron chi connectivity index (χ4n) is 5.21. The third-order valence-electron chi connectivity index (χ3n) is 6.70. The van der Waals surface area contributed by atoms with E-state index < -0.39 is 11.8 Å². The number of hydrogen-bond donors (Lipinski definition) is 0. The van der Waals surface area contributed by atoms with Crippen molar-refractivity contribution >= 4 is 17.8 Å². The van der Waals surface area contributed by atoms with Crippen LogP contribution in [0.2, 0.25) is 0 Å². The smallest absolute Gasteiger partial charge is 0.338 e. The first-order valence-electron chi connectivity index (χ1n) is 11.3. The number of imide groups is 1. The van der Waals surface area contributed by atoms with Crippen molar-refractivity contribution in [2.24, 2.45) is 11.8 Å². The zero-order valence-electron chi connectivity index (χ0n) is 18.4. The molecule has 0 radical (unpaired) electrons. The predicted octanol–water partition coefficient (Wildman–Crippen LogP) is 4.35. The van der Waals surface area contributed by atoms with Gasteiger partial charge in [0.15, 0.2) is 0 Å². The molecule has 0 bridgehead atoms. The number of fused-ring (bicyclic) bond motifs is 2. The van der Waals surface area contributed by atoms with Gasteiger partial charge in [-0.3, -0.25) is 14.5 Å².